The molecule has 0 bridgehead atoms. The highest BCUT2D eigenvalue weighted by atomic mass is 15.3. The number of aliphatic imine (C=N–C) groups is 1. The average molecular weight is 321 g/mol. The lowest BCUT2D eigenvalue weighted by Gasteiger charge is -2.36. The van der Waals surface area contributed by atoms with Gasteiger partial charge in [0.2, 0.25) is 0 Å². The lowest BCUT2D eigenvalue weighted by atomic mass is 10.0. The molecule has 1 aliphatic rings. The van der Waals surface area contributed by atoms with Crippen molar-refractivity contribution < 1.29 is 0 Å². The lowest BCUT2D eigenvalue weighted by molar-refractivity contribution is 0.147. The third-order valence-corrected chi connectivity index (χ3v) is 4.50. The molecule has 0 aliphatic carbocycles. The number of nitrogens with one attached hydrogen (secondary N) is 2. The highest BCUT2D eigenvalue weighted by Gasteiger charge is 2.21. The molecule has 0 saturated carbocycles. The molecule has 1 aromatic heterocycles. The Labute approximate surface area is 139 Å². The van der Waals surface area contributed by atoms with E-state index in [2.05, 4.69) is 37.5 Å². The van der Waals surface area contributed by atoms with E-state index in [0.29, 0.717) is 12.6 Å². The van der Waals surface area contributed by atoms with Crippen molar-refractivity contribution in [2.24, 2.45) is 12.0 Å². The van der Waals surface area contributed by atoms with Crippen LogP contribution in [0.4, 0.5) is 0 Å². The molecule has 0 amide bonds. The third-order valence-electron chi connectivity index (χ3n) is 4.50. The van der Waals surface area contributed by atoms with Crippen LogP contribution in [0.2, 0.25) is 0 Å². The highest BCUT2D eigenvalue weighted by molar-refractivity contribution is 5.79. The van der Waals surface area contributed by atoms with Crippen LogP contribution in [0.25, 0.3) is 0 Å². The maximum atomic E-state index is 4.31. The maximum Gasteiger partial charge on any atom is 0.191 e. The molecule has 7 heteroatoms. The van der Waals surface area contributed by atoms with Gasteiger partial charge in [-0.15, -0.1) is 0 Å². The average Bonchev–Trinajstić information content (AvgIpc) is 2.99. The fourth-order valence-corrected chi connectivity index (χ4v) is 3.02. The van der Waals surface area contributed by atoms with Gasteiger partial charge in [-0.25, -0.2) is 4.98 Å². The first-order valence-corrected chi connectivity index (χ1v) is 8.76. The number of guanidine groups is 1. The molecular weight excluding hydrogens is 290 g/mol. The first-order chi connectivity index (χ1) is 11.2. The molecule has 0 spiro atoms. The van der Waals surface area contributed by atoms with Crippen molar-refractivity contribution in [3.63, 3.8) is 0 Å². The van der Waals surface area contributed by atoms with Gasteiger partial charge in [-0.2, -0.15) is 5.10 Å². The van der Waals surface area contributed by atoms with Crippen LogP contribution in [0.1, 0.15) is 44.9 Å². The van der Waals surface area contributed by atoms with Crippen molar-refractivity contribution in [2.75, 3.05) is 26.7 Å². The normalized spacial score (nSPS) is 19.8. The molecular formula is C16H31N7. The number of nitrogens with zero attached hydrogens (tertiary/aromatic N) is 5. The molecule has 7 nitrogen and oxygen atoms in total. The molecule has 1 unspecified atom stereocenters. The Morgan fingerprint density at radius 3 is 2.96 bits per heavy atom. The van der Waals surface area contributed by atoms with E-state index < -0.39 is 0 Å². The Kier molecular flexibility index (Phi) is 7.32. The Balaban J connectivity index is 1.78. The van der Waals surface area contributed by atoms with Gasteiger partial charge >= 0.3 is 0 Å². The molecule has 1 fully saturated rings. The van der Waals surface area contributed by atoms with Gasteiger partial charge in [0.05, 0.1) is 6.54 Å². The van der Waals surface area contributed by atoms with E-state index in [1.807, 2.05) is 14.1 Å². The Bertz CT molecular complexity index is 483. The molecule has 1 aliphatic heterocycles. The van der Waals surface area contributed by atoms with Gasteiger partial charge in [0.25, 0.3) is 0 Å². The summed E-state index contributed by atoms with van der Waals surface area (Å²) in [5.74, 6) is 1.73. The third kappa shape index (κ3) is 5.49. The zero-order valence-corrected chi connectivity index (χ0v) is 14.8. The van der Waals surface area contributed by atoms with Crippen molar-refractivity contribution in [1.29, 1.82) is 0 Å². The molecule has 1 aromatic rings. The van der Waals surface area contributed by atoms with Crippen molar-refractivity contribution >= 4 is 5.96 Å². The zero-order valence-electron chi connectivity index (χ0n) is 14.8. The molecule has 1 atom stereocenters. The van der Waals surface area contributed by atoms with Gasteiger partial charge < -0.3 is 10.6 Å². The van der Waals surface area contributed by atoms with E-state index in [1.165, 1.54) is 45.2 Å². The van der Waals surface area contributed by atoms with E-state index in [0.717, 1.165) is 18.3 Å². The SMILES string of the molecule is CCCCN1CCCCC1CNC(=NC)NCc1ncnn1C. The fraction of sp³-hybridized carbons (Fsp3) is 0.812. The van der Waals surface area contributed by atoms with Crippen LogP contribution in [0.5, 0.6) is 0 Å². The molecule has 0 radical (unpaired) electrons. The minimum Gasteiger partial charge on any atom is -0.355 e. The number of hydrogen-bond donors (Lipinski definition) is 2. The van der Waals surface area contributed by atoms with Crippen LogP contribution in [-0.4, -0.2) is 58.3 Å². The molecule has 23 heavy (non-hydrogen) atoms. The summed E-state index contributed by atoms with van der Waals surface area (Å²) in [6.07, 6.45) is 8.06. The van der Waals surface area contributed by atoms with Crippen molar-refractivity contribution in [1.82, 2.24) is 30.3 Å². The molecule has 130 valence electrons. The Morgan fingerprint density at radius 2 is 2.26 bits per heavy atom. The van der Waals surface area contributed by atoms with Gasteiger partial charge in [-0.1, -0.05) is 19.8 Å². The number of rotatable bonds is 7. The minimum atomic E-state index is 0.615. The van der Waals surface area contributed by atoms with E-state index in [-0.39, 0.29) is 0 Å². The summed E-state index contributed by atoms with van der Waals surface area (Å²) in [6, 6.07) is 0.615. The van der Waals surface area contributed by atoms with Gasteiger partial charge in [0, 0.05) is 26.7 Å². The minimum absolute atomic E-state index is 0.615. The second-order valence-corrected chi connectivity index (χ2v) is 6.15. The van der Waals surface area contributed by atoms with Crippen LogP contribution in [0.3, 0.4) is 0 Å². The van der Waals surface area contributed by atoms with E-state index in [1.54, 1.807) is 11.0 Å². The lowest BCUT2D eigenvalue weighted by Crippen LogP contribution is -2.49. The standard InChI is InChI=1S/C16H31N7/c1-4-5-9-23-10-7-6-8-14(23)11-18-16(17-2)19-12-15-20-13-21-22(15)3/h13-14H,4-12H2,1-3H3,(H2,17,18,19). The zero-order chi connectivity index (χ0) is 16.5. The molecule has 0 aromatic carbocycles. The van der Waals surface area contributed by atoms with Crippen LogP contribution < -0.4 is 10.6 Å². The van der Waals surface area contributed by atoms with Gasteiger partial charge in [-0.3, -0.25) is 14.6 Å². The van der Waals surface area contributed by atoms with Crippen molar-refractivity contribution in [2.45, 2.75) is 51.6 Å². The molecule has 1 saturated heterocycles. The largest absolute Gasteiger partial charge is 0.355 e. The van der Waals surface area contributed by atoms with Crippen molar-refractivity contribution in [3.05, 3.63) is 12.2 Å². The second kappa shape index (κ2) is 9.50. The fourth-order valence-electron chi connectivity index (χ4n) is 3.02. The van der Waals surface area contributed by atoms with Crippen LogP contribution in [-0.2, 0) is 13.6 Å². The first-order valence-electron chi connectivity index (χ1n) is 8.76. The number of piperidine rings is 1. The Hall–Kier alpha value is -1.63. The van der Waals surface area contributed by atoms with Crippen LogP contribution >= 0.6 is 0 Å². The van der Waals surface area contributed by atoms with E-state index in [9.17, 15) is 0 Å². The Morgan fingerprint density at radius 1 is 1.39 bits per heavy atom. The first kappa shape index (κ1) is 17.7. The summed E-state index contributed by atoms with van der Waals surface area (Å²) >= 11 is 0. The van der Waals surface area contributed by atoms with E-state index in [4.69, 9.17) is 0 Å². The van der Waals surface area contributed by atoms with Gasteiger partial charge in [-0.05, 0) is 32.4 Å². The van der Waals surface area contributed by atoms with Crippen LogP contribution in [0.15, 0.2) is 11.3 Å². The topological polar surface area (TPSA) is 70.4 Å². The molecule has 2 heterocycles. The molecule has 2 N–H and O–H groups in total. The number of unbranched alkanes of at least 4 members (excludes halogenated alkanes) is 1. The summed E-state index contributed by atoms with van der Waals surface area (Å²) in [7, 11) is 3.70. The summed E-state index contributed by atoms with van der Waals surface area (Å²) in [5.41, 5.74) is 0. The maximum absolute atomic E-state index is 4.31. The van der Waals surface area contributed by atoms with Crippen molar-refractivity contribution in [3.8, 4) is 0 Å². The molecule has 2 rings (SSSR count). The smallest absolute Gasteiger partial charge is 0.191 e. The second-order valence-electron chi connectivity index (χ2n) is 6.15. The predicted molar refractivity (Wildman–Crippen MR) is 93.3 cm³/mol. The monoisotopic (exact) mass is 321 g/mol. The van der Waals surface area contributed by atoms with Crippen LogP contribution in [0, 0.1) is 0 Å². The summed E-state index contributed by atoms with van der Waals surface area (Å²) in [4.78, 5) is 11.2. The quantitative estimate of drug-likeness (QED) is 0.582. The summed E-state index contributed by atoms with van der Waals surface area (Å²) < 4.78 is 1.77. The number of hydrogen-bond acceptors (Lipinski definition) is 4. The summed E-state index contributed by atoms with van der Waals surface area (Å²) in [6.45, 7) is 6.28. The summed E-state index contributed by atoms with van der Waals surface area (Å²) in [5, 5.41) is 10.9. The number of aryl methyl sites for hydroxylation is 1. The predicted octanol–water partition coefficient (Wildman–Crippen LogP) is 1.13. The van der Waals surface area contributed by atoms with Gasteiger partial charge in [0.1, 0.15) is 12.2 Å². The van der Waals surface area contributed by atoms with E-state index >= 15 is 0 Å². The number of likely N-dealkylation sites (tertiary alicyclic amines) is 1. The van der Waals surface area contributed by atoms with Gasteiger partial charge in [0.15, 0.2) is 5.96 Å². The number of aromatic nitrogens is 3. The highest BCUT2D eigenvalue weighted by Crippen LogP contribution is 2.16.